The van der Waals surface area contributed by atoms with E-state index in [0.29, 0.717) is 16.8 Å². The number of hydrogen-bond donors (Lipinski definition) is 0. The summed E-state index contributed by atoms with van der Waals surface area (Å²) in [4.78, 5) is 1.37. The second-order valence-corrected chi connectivity index (χ2v) is 11.9. The van der Waals surface area contributed by atoms with E-state index in [0.717, 1.165) is 43.4 Å². The lowest BCUT2D eigenvalue weighted by atomic mass is 9.93. The van der Waals surface area contributed by atoms with Crippen LogP contribution in [-0.4, -0.2) is 0 Å². The van der Waals surface area contributed by atoms with Gasteiger partial charge in [-0.1, -0.05) is 158 Å². The fourth-order valence-electron chi connectivity index (χ4n) is 6.64. The molecule has 0 amide bonds. The maximum absolute atomic E-state index is 9.63. The maximum Gasteiger partial charge on any atom is 0.0645 e. The topological polar surface area (TPSA) is 3.24 Å². The molecule has 9 aromatic rings. The molecular formula is C48H33N. The number of rotatable bonds is 6. The predicted molar refractivity (Wildman–Crippen MR) is 210 cm³/mol. The number of hydrogen-bond acceptors (Lipinski definition) is 1. The highest BCUT2D eigenvalue weighted by Crippen LogP contribution is 2.41. The standard InChI is InChI=1S/C48H33N/c1-2-12-34(13-3-1)35-24-28-40(29-25-35)49(42-18-10-17-38(32-42)44-23-11-16-36-14-4-6-19-43(36)44)41-30-26-37(27-31-41)48-33-39-15-5-7-20-45(39)46-21-8-9-22-47(46)48/h1-33H/i24D,25D,26D,27D,28D,29D,30D,31D. The van der Waals surface area contributed by atoms with Gasteiger partial charge in [0.1, 0.15) is 0 Å². The van der Waals surface area contributed by atoms with Crippen molar-refractivity contribution in [3.63, 3.8) is 0 Å². The Hall–Kier alpha value is -6.44. The fourth-order valence-corrected chi connectivity index (χ4v) is 6.64. The molecule has 0 aliphatic rings. The van der Waals surface area contributed by atoms with Gasteiger partial charge in [-0.05, 0) is 108 Å². The second-order valence-electron chi connectivity index (χ2n) is 11.9. The normalized spacial score (nSPS) is 13.6. The Bertz CT molecular complexity index is 3010. The molecule has 0 spiro atoms. The quantitative estimate of drug-likeness (QED) is 0.165. The SMILES string of the molecule is [2H]c1c([2H])c(N(c2cccc(-c3cccc4ccccc34)c2)c2c([2H])c([2H])c(-c3cc4ccccc4c4ccccc34)c([2H])c2[2H])c([2H])c([2H])c1-c1ccccc1. The van der Waals surface area contributed by atoms with Crippen molar-refractivity contribution in [3.8, 4) is 33.4 Å². The first-order valence-corrected chi connectivity index (χ1v) is 16.2. The molecule has 0 N–H and O–H groups in total. The summed E-state index contributed by atoms with van der Waals surface area (Å²) in [5.41, 5.74) is 2.96. The minimum Gasteiger partial charge on any atom is -0.310 e. The maximum atomic E-state index is 9.63. The van der Waals surface area contributed by atoms with Gasteiger partial charge in [0.05, 0.1) is 11.0 Å². The largest absolute Gasteiger partial charge is 0.310 e. The van der Waals surface area contributed by atoms with Crippen molar-refractivity contribution >= 4 is 49.4 Å². The molecule has 9 aromatic carbocycles. The van der Waals surface area contributed by atoms with Gasteiger partial charge in [0.2, 0.25) is 0 Å². The van der Waals surface area contributed by atoms with Gasteiger partial charge in [-0.25, -0.2) is 0 Å². The molecule has 0 atom stereocenters. The summed E-state index contributed by atoms with van der Waals surface area (Å²) >= 11 is 0. The zero-order valence-electron chi connectivity index (χ0n) is 34.4. The highest BCUT2D eigenvalue weighted by Gasteiger charge is 2.16. The Kier molecular flexibility index (Phi) is 5.38. The monoisotopic (exact) mass is 631 g/mol. The summed E-state index contributed by atoms with van der Waals surface area (Å²) in [6.07, 6.45) is 0. The highest BCUT2D eigenvalue weighted by atomic mass is 15.1. The van der Waals surface area contributed by atoms with Crippen LogP contribution < -0.4 is 4.90 Å². The summed E-state index contributed by atoms with van der Waals surface area (Å²) in [6.45, 7) is 0. The molecule has 9 rings (SSSR count). The van der Waals surface area contributed by atoms with Crippen molar-refractivity contribution in [2.45, 2.75) is 0 Å². The van der Waals surface area contributed by atoms with Crippen molar-refractivity contribution in [3.05, 3.63) is 200 Å². The lowest BCUT2D eigenvalue weighted by Crippen LogP contribution is -2.10. The van der Waals surface area contributed by atoms with Crippen LogP contribution in [0, 0.1) is 0 Å². The Balaban J connectivity index is 1.34. The molecule has 0 radical (unpaired) electrons. The molecular weight excluding hydrogens is 591 g/mol. The third-order valence-electron chi connectivity index (χ3n) is 8.98. The molecule has 0 heterocycles. The zero-order valence-corrected chi connectivity index (χ0v) is 26.4. The Labute approximate surface area is 298 Å². The van der Waals surface area contributed by atoms with E-state index in [4.69, 9.17) is 0 Å². The Morgan fingerprint density at radius 1 is 0.306 bits per heavy atom. The van der Waals surface area contributed by atoms with Crippen LogP contribution in [0.4, 0.5) is 17.1 Å². The first-order valence-electron chi connectivity index (χ1n) is 20.2. The average molecular weight is 632 g/mol. The number of fused-ring (bicyclic) bond motifs is 4. The van der Waals surface area contributed by atoms with Gasteiger partial charge in [-0.15, -0.1) is 0 Å². The van der Waals surface area contributed by atoms with E-state index < -0.39 is 0 Å². The lowest BCUT2D eigenvalue weighted by Gasteiger charge is -2.26. The molecule has 0 saturated carbocycles. The van der Waals surface area contributed by atoms with Crippen LogP contribution in [0.1, 0.15) is 11.0 Å². The van der Waals surface area contributed by atoms with E-state index >= 15 is 0 Å². The van der Waals surface area contributed by atoms with Crippen LogP contribution in [0.2, 0.25) is 0 Å². The van der Waals surface area contributed by atoms with E-state index in [1.54, 1.807) is 36.4 Å². The Morgan fingerprint density at radius 2 is 0.857 bits per heavy atom. The van der Waals surface area contributed by atoms with Gasteiger partial charge < -0.3 is 4.90 Å². The second kappa shape index (κ2) is 12.3. The Morgan fingerprint density at radius 3 is 1.61 bits per heavy atom. The number of nitrogens with zero attached hydrogens (tertiary/aromatic N) is 1. The summed E-state index contributed by atoms with van der Waals surface area (Å²) in [6, 6.07) is 44.8. The van der Waals surface area contributed by atoms with E-state index in [9.17, 15) is 11.0 Å². The minimum absolute atomic E-state index is 0.122. The van der Waals surface area contributed by atoms with Gasteiger partial charge in [0.15, 0.2) is 0 Å². The molecule has 0 aliphatic carbocycles. The summed E-state index contributed by atoms with van der Waals surface area (Å²) in [7, 11) is 0. The molecule has 230 valence electrons. The zero-order chi connectivity index (χ0) is 39.5. The third-order valence-corrected chi connectivity index (χ3v) is 8.98. The summed E-state index contributed by atoms with van der Waals surface area (Å²) in [5.74, 6) is 0. The summed E-state index contributed by atoms with van der Waals surface area (Å²) < 4.78 is 75.5. The van der Waals surface area contributed by atoms with Crippen molar-refractivity contribution in [1.29, 1.82) is 0 Å². The van der Waals surface area contributed by atoms with Gasteiger partial charge in [-0.2, -0.15) is 0 Å². The minimum atomic E-state index is -0.386. The summed E-state index contributed by atoms with van der Waals surface area (Å²) in [5, 5.41) is 5.62. The van der Waals surface area contributed by atoms with Crippen molar-refractivity contribution in [2.24, 2.45) is 0 Å². The van der Waals surface area contributed by atoms with Gasteiger partial charge >= 0.3 is 0 Å². The van der Waals surface area contributed by atoms with Gasteiger partial charge in [0, 0.05) is 17.1 Å². The first kappa shape index (κ1) is 21.4. The van der Waals surface area contributed by atoms with Gasteiger partial charge in [-0.3, -0.25) is 0 Å². The van der Waals surface area contributed by atoms with E-state index in [1.807, 2.05) is 115 Å². The average Bonchev–Trinajstić information content (AvgIpc) is 3.25. The van der Waals surface area contributed by atoms with Crippen LogP contribution in [0.5, 0.6) is 0 Å². The van der Waals surface area contributed by atoms with Crippen LogP contribution in [-0.2, 0) is 0 Å². The number of benzene rings is 9. The molecule has 0 bridgehead atoms. The molecule has 0 fully saturated rings. The first-order chi connectivity index (χ1) is 27.7. The van der Waals surface area contributed by atoms with E-state index in [2.05, 4.69) is 0 Å². The molecule has 1 nitrogen and oxygen atoms in total. The predicted octanol–water partition coefficient (Wildman–Crippen LogP) is 13.6. The fraction of sp³-hybridized carbons (Fsp3) is 0. The number of anilines is 3. The third kappa shape index (κ3) is 5.32. The lowest BCUT2D eigenvalue weighted by molar-refractivity contribution is 1.28. The smallest absolute Gasteiger partial charge is 0.0645 e. The molecule has 49 heavy (non-hydrogen) atoms. The molecule has 0 saturated heterocycles. The van der Waals surface area contributed by atoms with Crippen LogP contribution >= 0.6 is 0 Å². The highest BCUT2D eigenvalue weighted by molar-refractivity contribution is 6.13. The molecule has 0 unspecified atom stereocenters. The molecule has 0 aromatic heterocycles. The van der Waals surface area contributed by atoms with E-state index in [1.165, 1.54) is 4.90 Å². The van der Waals surface area contributed by atoms with Crippen LogP contribution in [0.3, 0.4) is 0 Å². The van der Waals surface area contributed by atoms with Gasteiger partial charge in [0.25, 0.3) is 0 Å². The molecule has 0 aliphatic heterocycles. The van der Waals surface area contributed by atoms with Crippen molar-refractivity contribution in [2.75, 3.05) is 4.90 Å². The molecule has 1 heteroatoms. The van der Waals surface area contributed by atoms with E-state index in [-0.39, 0.29) is 70.8 Å². The van der Waals surface area contributed by atoms with Crippen LogP contribution in [0.15, 0.2) is 200 Å². The van der Waals surface area contributed by atoms with Crippen molar-refractivity contribution < 1.29 is 11.0 Å². The van der Waals surface area contributed by atoms with Crippen molar-refractivity contribution in [1.82, 2.24) is 0 Å². The van der Waals surface area contributed by atoms with Crippen LogP contribution in [0.25, 0.3) is 65.7 Å².